The van der Waals surface area contributed by atoms with Gasteiger partial charge in [0.2, 0.25) is 0 Å². The molecule has 1 aliphatic rings. The summed E-state index contributed by atoms with van der Waals surface area (Å²) in [6.07, 6.45) is 2.15. The second-order valence-corrected chi connectivity index (χ2v) is 7.80. The van der Waals surface area contributed by atoms with Crippen LogP contribution in [0.1, 0.15) is 31.9 Å². The minimum absolute atomic E-state index is 0.309. The predicted molar refractivity (Wildman–Crippen MR) is 100 cm³/mol. The summed E-state index contributed by atoms with van der Waals surface area (Å²) in [7, 11) is 0. The molecule has 3 rings (SSSR count). The van der Waals surface area contributed by atoms with Gasteiger partial charge in [0.1, 0.15) is 21.7 Å². The Morgan fingerprint density at radius 1 is 1.24 bits per heavy atom. The zero-order valence-corrected chi connectivity index (χ0v) is 16.4. The van der Waals surface area contributed by atoms with Crippen LogP contribution in [0.3, 0.4) is 0 Å². The molecule has 0 radical (unpaired) electrons. The molecule has 132 valence electrons. The lowest BCUT2D eigenvalue weighted by atomic mass is 10.1. The summed E-state index contributed by atoms with van der Waals surface area (Å²) >= 11 is 3.31. The minimum atomic E-state index is -0.507. The quantitative estimate of drug-likeness (QED) is 0.641. The van der Waals surface area contributed by atoms with Gasteiger partial charge < -0.3 is 9.47 Å². The Kier molecular flexibility index (Phi) is 4.73. The highest BCUT2D eigenvalue weighted by molar-refractivity contribution is 9.10. The molecule has 0 saturated carbocycles. The number of nitrogens with zero attached hydrogens (tertiary/aromatic N) is 2. The smallest absolute Gasteiger partial charge is 0.414 e. The van der Waals surface area contributed by atoms with Crippen LogP contribution in [0, 0.1) is 6.92 Å². The van der Waals surface area contributed by atoms with Gasteiger partial charge in [0, 0.05) is 6.54 Å². The first-order chi connectivity index (χ1) is 11.7. The van der Waals surface area contributed by atoms with E-state index in [2.05, 4.69) is 20.9 Å². The fraction of sp³-hybridized carbons (Fsp3) is 0.368. The van der Waals surface area contributed by atoms with Crippen molar-refractivity contribution in [3.05, 3.63) is 46.2 Å². The number of halogens is 1. The van der Waals surface area contributed by atoms with E-state index in [1.54, 1.807) is 11.1 Å². The number of carbonyl (C=O) groups excluding carboxylic acids is 1. The van der Waals surface area contributed by atoms with Gasteiger partial charge in [-0.3, -0.25) is 4.90 Å². The maximum atomic E-state index is 12.4. The third kappa shape index (κ3) is 3.95. The number of ether oxygens (including phenoxy) is 2. The number of pyridine rings is 1. The van der Waals surface area contributed by atoms with Crippen molar-refractivity contribution in [1.29, 1.82) is 0 Å². The first kappa shape index (κ1) is 17.7. The van der Waals surface area contributed by atoms with Gasteiger partial charge in [-0.25, -0.2) is 9.78 Å². The van der Waals surface area contributed by atoms with Gasteiger partial charge in [-0.15, -0.1) is 0 Å². The number of hydrogen-bond donors (Lipinski definition) is 0. The fourth-order valence-corrected chi connectivity index (χ4v) is 3.03. The van der Waals surface area contributed by atoms with Gasteiger partial charge in [0.25, 0.3) is 0 Å². The maximum Gasteiger partial charge on any atom is 0.414 e. The van der Waals surface area contributed by atoms with Crippen molar-refractivity contribution in [2.24, 2.45) is 0 Å². The predicted octanol–water partition coefficient (Wildman–Crippen LogP) is 5.24. The SMILES string of the molecule is Cc1c(Oc2ccc(Br)nc2)ccc2c1CCN2C(=O)OC(C)(C)C. The van der Waals surface area contributed by atoms with Crippen molar-refractivity contribution in [2.45, 2.75) is 39.7 Å². The van der Waals surface area contributed by atoms with Gasteiger partial charge in [-0.1, -0.05) is 0 Å². The number of aromatic nitrogens is 1. The Balaban J connectivity index is 1.83. The molecule has 1 aromatic carbocycles. The van der Waals surface area contributed by atoms with Crippen LogP contribution in [0.4, 0.5) is 10.5 Å². The van der Waals surface area contributed by atoms with Crippen LogP contribution in [0.25, 0.3) is 0 Å². The molecule has 0 bridgehead atoms. The molecule has 1 aromatic heterocycles. The summed E-state index contributed by atoms with van der Waals surface area (Å²) in [4.78, 5) is 18.3. The van der Waals surface area contributed by atoms with E-state index in [1.165, 1.54) is 0 Å². The van der Waals surface area contributed by atoms with Gasteiger partial charge in [0.05, 0.1) is 11.9 Å². The molecule has 2 heterocycles. The first-order valence-electron chi connectivity index (χ1n) is 8.17. The number of amides is 1. The second-order valence-electron chi connectivity index (χ2n) is 6.99. The molecule has 0 atom stereocenters. The number of anilines is 1. The average molecular weight is 405 g/mol. The molecule has 0 spiro atoms. The molecule has 0 aliphatic carbocycles. The Labute approximate surface area is 156 Å². The zero-order chi connectivity index (χ0) is 18.2. The molecule has 1 aliphatic heterocycles. The number of fused-ring (bicyclic) bond motifs is 1. The summed E-state index contributed by atoms with van der Waals surface area (Å²) in [6, 6.07) is 7.50. The van der Waals surface area contributed by atoms with Gasteiger partial charge in [-0.2, -0.15) is 0 Å². The molecule has 0 fully saturated rings. The van der Waals surface area contributed by atoms with Crippen LogP contribution in [0.15, 0.2) is 35.1 Å². The molecule has 6 heteroatoms. The lowest BCUT2D eigenvalue weighted by Crippen LogP contribution is -2.35. The number of hydrogen-bond acceptors (Lipinski definition) is 4. The highest BCUT2D eigenvalue weighted by Gasteiger charge is 2.30. The largest absolute Gasteiger partial charge is 0.455 e. The van der Waals surface area contributed by atoms with E-state index in [9.17, 15) is 4.79 Å². The minimum Gasteiger partial charge on any atom is -0.455 e. The normalized spacial score (nSPS) is 13.6. The van der Waals surface area contributed by atoms with E-state index in [0.29, 0.717) is 12.3 Å². The van der Waals surface area contributed by atoms with Gasteiger partial charge >= 0.3 is 6.09 Å². The molecule has 2 aromatic rings. The third-order valence-corrected chi connectivity index (χ3v) is 4.41. The molecule has 0 saturated heterocycles. The molecule has 0 unspecified atom stereocenters. The first-order valence-corrected chi connectivity index (χ1v) is 8.96. The highest BCUT2D eigenvalue weighted by Crippen LogP contribution is 2.37. The molecule has 1 amide bonds. The summed E-state index contributed by atoms with van der Waals surface area (Å²) in [5, 5.41) is 0. The Hall–Kier alpha value is -2.08. The van der Waals surface area contributed by atoms with Crippen molar-refractivity contribution in [3.63, 3.8) is 0 Å². The average Bonchev–Trinajstić information content (AvgIpc) is 2.95. The zero-order valence-electron chi connectivity index (χ0n) is 14.8. The van der Waals surface area contributed by atoms with Crippen molar-refractivity contribution in [3.8, 4) is 11.5 Å². The molecular formula is C19H21BrN2O3. The molecule has 25 heavy (non-hydrogen) atoms. The number of carbonyl (C=O) groups is 1. The number of rotatable bonds is 2. The van der Waals surface area contributed by atoms with E-state index in [1.807, 2.05) is 52.0 Å². The van der Waals surface area contributed by atoms with Crippen LogP contribution in [-0.2, 0) is 11.2 Å². The maximum absolute atomic E-state index is 12.4. The fourth-order valence-electron chi connectivity index (χ4n) is 2.80. The van der Waals surface area contributed by atoms with Crippen LogP contribution in [0.2, 0.25) is 0 Å². The lowest BCUT2D eigenvalue weighted by Gasteiger charge is -2.25. The third-order valence-electron chi connectivity index (χ3n) is 3.94. The highest BCUT2D eigenvalue weighted by atomic mass is 79.9. The van der Waals surface area contributed by atoms with Crippen LogP contribution in [0.5, 0.6) is 11.5 Å². The monoisotopic (exact) mass is 404 g/mol. The lowest BCUT2D eigenvalue weighted by molar-refractivity contribution is 0.0584. The molecule has 5 nitrogen and oxygen atoms in total. The van der Waals surface area contributed by atoms with E-state index in [4.69, 9.17) is 9.47 Å². The van der Waals surface area contributed by atoms with Gasteiger partial charge in [0.15, 0.2) is 0 Å². The van der Waals surface area contributed by atoms with Crippen LogP contribution >= 0.6 is 15.9 Å². The van der Waals surface area contributed by atoms with Crippen molar-refractivity contribution >= 4 is 27.7 Å². The second kappa shape index (κ2) is 6.67. The number of benzene rings is 1. The summed E-state index contributed by atoms with van der Waals surface area (Å²) < 4.78 is 12.2. The Bertz CT molecular complexity index is 798. The molecule has 0 N–H and O–H groups in total. The van der Waals surface area contributed by atoms with E-state index in [-0.39, 0.29) is 6.09 Å². The van der Waals surface area contributed by atoms with Crippen LogP contribution < -0.4 is 9.64 Å². The van der Waals surface area contributed by atoms with Crippen molar-refractivity contribution in [2.75, 3.05) is 11.4 Å². The van der Waals surface area contributed by atoms with E-state index in [0.717, 1.165) is 33.6 Å². The Morgan fingerprint density at radius 3 is 2.64 bits per heavy atom. The van der Waals surface area contributed by atoms with Crippen molar-refractivity contribution < 1.29 is 14.3 Å². The summed E-state index contributed by atoms with van der Waals surface area (Å²) in [5.41, 5.74) is 2.54. The van der Waals surface area contributed by atoms with Gasteiger partial charge in [-0.05, 0) is 85.4 Å². The van der Waals surface area contributed by atoms with E-state index >= 15 is 0 Å². The van der Waals surface area contributed by atoms with Crippen molar-refractivity contribution in [1.82, 2.24) is 4.98 Å². The summed E-state index contributed by atoms with van der Waals surface area (Å²) in [6.45, 7) is 8.25. The summed E-state index contributed by atoms with van der Waals surface area (Å²) in [5.74, 6) is 1.45. The molecular weight excluding hydrogens is 384 g/mol. The van der Waals surface area contributed by atoms with E-state index < -0.39 is 5.60 Å². The standard InChI is InChI=1S/C19H21BrN2O3/c1-12-14-9-10-22(18(23)25-19(2,3)4)15(14)6-7-16(12)24-13-5-8-17(20)21-11-13/h5-8,11H,9-10H2,1-4H3. The Morgan fingerprint density at radius 2 is 2.00 bits per heavy atom. The topological polar surface area (TPSA) is 51.7 Å². The van der Waals surface area contributed by atoms with Crippen LogP contribution in [-0.4, -0.2) is 23.2 Å².